The molecule has 0 saturated heterocycles. The van der Waals surface area contributed by atoms with Gasteiger partial charge in [-0.15, -0.1) is 11.8 Å². The SMILES string of the molecule is COc1ccc2c3c(n(C)c2c1)-c1ccccc1SC3. The van der Waals surface area contributed by atoms with Crippen LogP contribution in [0.2, 0.25) is 0 Å². The first kappa shape index (κ1) is 11.9. The van der Waals surface area contributed by atoms with E-state index in [-0.39, 0.29) is 0 Å². The Morgan fingerprint density at radius 3 is 2.85 bits per heavy atom. The average Bonchev–Trinajstić information content (AvgIpc) is 2.80. The zero-order valence-electron chi connectivity index (χ0n) is 11.5. The molecule has 4 rings (SSSR count). The third-order valence-electron chi connectivity index (χ3n) is 4.03. The van der Waals surface area contributed by atoms with Crippen molar-refractivity contribution < 1.29 is 4.74 Å². The molecule has 0 fully saturated rings. The molecular formula is C17H15NOS. The number of methoxy groups -OCH3 is 1. The van der Waals surface area contributed by atoms with Crippen LogP contribution >= 0.6 is 11.8 Å². The van der Waals surface area contributed by atoms with Gasteiger partial charge in [0, 0.05) is 34.7 Å². The van der Waals surface area contributed by atoms with Gasteiger partial charge in [0.1, 0.15) is 5.75 Å². The average molecular weight is 281 g/mol. The van der Waals surface area contributed by atoms with Gasteiger partial charge in [0.05, 0.1) is 18.3 Å². The molecule has 3 heteroatoms. The van der Waals surface area contributed by atoms with E-state index >= 15 is 0 Å². The van der Waals surface area contributed by atoms with Crippen LogP contribution in [0, 0.1) is 0 Å². The molecule has 0 atom stereocenters. The van der Waals surface area contributed by atoms with Crippen LogP contribution in [0.25, 0.3) is 22.2 Å². The van der Waals surface area contributed by atoms with Gasteiger partial charge in [0.2, 0.25) is 0 Å². The van der Waals surface area contributed by atoms with E-state index in [0.29, 0.717) is 0 Å². The number of ether oxygens (including phenoxy) is 1. The smallest absolute Gasteiger partial charge is 0.120 e. The fourth-order valence-electron chi connectivity index (χ4n) is 3.05. The van der Waals surface area contributed by atoms with Crippen molar-refractivity contribution in [1.29, 1.82) is 0 Å². The second-order valence-electron chi connectivity index (χ2n) is 5.05. The minimum absolute atomic E-state index is 0.913. The highest BCUT2D eigenvalue weighted by atomic mass is 32.2. The summed E-state index contributed by atoms with van der Waals surface area (Å²) in [6, 6.07) is 15.0. The van der Waals surface area contributed by atoms with Crippen molar-refractivity contribution in [3.63, 3.8) is 0 Å². The molecule has 3 aromatic rings. The Bertz CT molecular complexity index is 819. The summed E-state index contributed by atoms with van der Waals surface area (Å²) >= 11 is 1.92. The van der Waals surface area contributed by atoms with Crippen molar-refractivity contribution in [3.05, 3.63) is 48.0 Å². The van der Waals surface area contributed by atoms with Gasteiger partial charge in [0.15, 0.2) is 0 Å². The van der Waals surface area contributed by atoms with Gasteiger partial charge in [-0.05, 0) is 23.8 Å². The summed E-state index contributed by atoms with van der Waals surface area (Å²) in [4.78, 5) is 1.37. The maximum absolute atomic E-state index is 5.36. The first-order valence-electron chi connectivity index (χ1n) is 6.67. The number of fused-ring (bicyclic) bond motifs is 5. The van der Waals surface area contributed by atoms with Crippen molar-refractivity contribution >= 4 is 22.7 Å². The minimum atomic E-state index is 0.913. The van der Waals surface area contributed by atoms with Crippen LogP contribution in [0.4, 0.5) is 0 Å². The zero-order valence-corrected chi connectivity index (χ0v) is 12.3. The van der Waals surface area contributed by atoms with Gasteiger partial charge < -0.3 is 9.30 Å². The standard InChI is InChI=1S/C17H15NOS/c1-18-15-9-11(19-2)7-8-12(15)14-10-20-16-6-4-3-5-13(16)17(14)18/h3-9H,10H2,1-2H3. The summed E-state index contributed by atoms with van der Waals surface area (Å²) in [5.41, 5.74) is 5.37. The topological polar surface area (TPSA) is 14.2 Å². The molecule has 0 saturated carbocycles. The van der Waals surface area contributed by atoms with Crippen molar-refractivity contribution in [1.82, 2.24) is 4.57 Å². The largest absolute Gasteiger partial charge is 0.497 e. The summed E-state index contributed by atoms with van der Waals surface area (Å²) in [6.07, 6.45) is 0. The van der Waals surface area contributed by atoms with Crippen LogP contribution < -0.4 is 4.74 Å². The van der Waals surface area contributed by atoms with Crippen molar-refractivity contribution in [2.24, 2.45) is 7.05 Å². The number of aryl methyl sites for hydroxylation is 1. The Morgan fingerprint density at radius 1 is 1.15 bits per heavy atom. The molecule has 2 aromatic carbocycles. The van der Waals surface area contributed by atoms with Gasteiger partial charge >= 0.3 is 0 Å². The Balaban J connectivity index is 2.08. The third-order valence-corrected chi connectivity index (χ3v) is 5.13. The molecule has 2 nitrogen and oxygen atoms in total. The van der Waals surface area contributed by atoms with E-state index in [2.05, 4.69) is 48.0 Å². The Morgan fingerprint density at radius 2 is 2.00 bits per heavy atom. The molecule has 0 N–H and O–H groups in total. The summed E-state index contributed by atoms with van der Waals surface area (Å²) in [5, 5.41) is 1.34. The molecule has 0 spiro atoms. The lowest BCUT2D eigenvalue weighted by atomic mass is 10.1. The molecule has 0 amide bonds. The van der Waals surface area contributed by atoms with E-state index in [1.54, 1.807) is 7.11 Å². The first-order chi connectivity index (χ1) is 9.79. The predicted molar refractivity (Wildman–Crippen MR) is 84.5 cm³/mol. The number of aromatic nitrogens is 1. The lowest BCUT2D eigenvalue weighted by molar-refractivity contribution is 0.415. The number of hydrogen-bond donors (Lipinski definition) is 0. The van der Waals surface area contributed by atoms with Gasteiger partial charge in [-0.2, -0.15) is 0 Å². The first-order valence-corrected chi connectivity index (χ1v) is 7.65. The van der Waals surface area contributed by atoms with Crippen LogP contribution in [0.3, 0.4) is 0 Å². The van der Waals surface area contributed by atoms with Crippen LogP contribution in [0.5, 0.6) is 5.75 Å². The van der Waals surface area contributed by atoms with Crippen LogP contribution in [0.15, 0.2) is 47.4 Å². The number of thioether (sulfide) groups is 1. The molecule has 1 aliphatic heterocycles. The molecule has 1 aliphatic rings. The highest BCUT2D eigenvalue weighted by Gasteiger charge is 2.23. The van der Waals surface area contributed by atoms with Crippen molar-refractivity contribution in [2.45, 2.75) is 10.6 Å². The molecule has 0 aliphatic carbocycles. The normalized spacial score (nSPS) is 13.1. The van der Waals surface area contributed by atoms with Gasteiger partial charge in [-0.1, -0.05) is 18.2 Å². The zero-order chi connectivity index (χ0) is 13.7. The van der Waals surface area contributed by atoms with E-state index < -0.39 is 0 Å². The molecule has 2 heterocycles. The predicted octanol–water partition coefficient (Wildman–Crippen LogP) is 4.46. The van der Waals surface area contributed by atoms with Crippen molar-refractivity contribution in [2.75, 3.05) is 7.11 Å². The number of rotatable bonds is 1. The third kappa shape index (κ3) is 1.53. The molecule has 100 valence electrons. The molecule has 0 unspecified atom stereocenters. The van der Waals surface area contributed by atoms with E-state index in [9.17, 15) is 0 Å². The monoisotopic (exact) mass is 281 g/mol. The van der Waals surface area contributed by atoms with Crippen molar-refractivity contribution in [3.8, 4) is 17.0 Å². The second-order valence-corrected chi connectivity index (χ2v) is 6.07. The Labute approximate surface area is 122 Å². The van der Waals surface area contributed by atoms with Crippen LogP contribution in [-0.2, 0) is 12.8 Å². The molecular weight excluding hydrogens is 266 g/mol. The molecule has 1 aromatic heterocycles. The minimum Gasteiger partial charge on any atom is -0.497 e. The molecule has 0 bridgehead atoms. The highest BCUT2D eigenvalue weighted by Crippen LogP contribution is 2.45. The number of nitrogens with zero attached hydrogens (tertiary/aromatic N) is 1. The summed E-state index contributed by atoms with van der Waals surface area (Å²) in [6.45, 7) is 0. The molecule has 0 radical (unpaired) electrons. The van der Waals surface area contributed by atoms with E-state index in [1.165, 1.54) is 32.6 Å². The van der Waals surface area contributed by atoms with Gasteiger partial charge in [0.25, 0.3) is 0 Å². The molecule has 20 heavy (non-hydrogen) atoms. The fourth-order valence-corrected chi connectivity index (χ4v) is 4.14. The lowest BCUT2D eigenvalue weighted by Crippen LogP contribution is -1.98. The lowest BCUT2D eigenvalue weighted by Gasteiger charge is -2.17. The van der Waals surface area contributed by atoms with Gasteiger partial charge in [-0.3, -0.25) is 0 Å². The number of benzene rings is 2. The summed E-state index contributed by atoms with van der Waals surface area (Å²) in [7, 11) is 3.86. The van der Waals surface area contributed by atoms with E-state index in [1.807, 2.05) is 17.8 Å². The summed E-state index contributed by atoms with van der Waals surface area (Å²) in [5.74, 6) is 1.95. The summed E-state index contributed by atoms with van der Waals surface area (Å²) < 4.78 is 7.66. The Kier molecular flexibility index (Phi) is 2.57. The quantitative estimate of drug-likeness (QED) is 0.654. The van der Waals surface area contributed by atoms with Gasteiger partial charge in [-0.25, -0.2) is 0 Å². The Hall–Kier alpha value is -1.87. The number of hydrogen-bond acceptors (Lipinski definition) is 2. The van der Waals surface area contributed by atoms with Crippen LogP contribution in [0.1, 0.15) is 5.56 Å². The maximum atomic E-state index is 5.36. The van der Waals surface area contributed by atoms with E-state index in [4.69, 9.17) is 4.74 Å². The fraction of sp³-hybridized carbons (Fsp3) is 0.176. The maximum Gasteiger partial charge on any atom is 0.120 e. The highest BCUT2D eigenvalue weighted by molar-refractivity contribution is 7.98. The van der Waals surface area contributed by atoms with E-state index in [0.717, 1.165) is 11.5 Å². The van der Waals surface area contributed by atoms with Crippen LogP contribution in [-0.4, -0.2) is 11.7 Å². The second kappa shape index (κ2) is 4.32.